The van der Waals surface area contributed by atoms with Crippen molar-refractivity contribution in [2.45, 2.75) is 43.0 Å². The van der Waals surface area contributed by atoms with Crippen molar-refractivity contribution < 1.29 is 22.7 Å². The number of ether oxygens (including phenoxy) is 1. The Labute approximate surface area is 138 Å². The van der Waals surface area contributed by atoms with Gasteiger partial charge in [0.2, 0.25) is 5.91 Å². The van der Waals surface area contributed by atoms with Gasteiger partial charge in [-0.25, -0.2) is 0 Å². The summed E-state index contributed by atoms with van der Waals surface area (Å²) in [5.74, 6) is -0.805. The standard InChI is InChI=1S/C16H20F3NO2S/c1-3-10(2)23-12-4-5-14(13(8-12)16(17,18)19)20-15(21)11-6-7-22-9-11/h4-5,8,10-11H,3,6-7,9H2,1-2H3,(H,20,21)/t10-,11-/m0/s1. The van der Waals surface area contributed by atoms with E-state index in [0.717, 1.165) is 12.5 Å². The van der Waals surface area contributed by atoms with Crippen molar-refractivity contribution in [2.75, 3.05) is 18.5 Å². The number of halogens is 3. The third kappa shape index (κ3) is 4.88. The molecule has 0 spiro atoms. The second kappa shape index (κ2) is 7.57. The molecule has 0 saturated carbocycles. The minimum Gasteiger partial charge on any atom is -0.381 e. The highest BCUT2D eigenvalue weighted by molar-refractivity contribution is 7.99. The molecule has 0 aliphatic carbocycles. The van der Waals surface area contributed by atoms with Crippen LogP contribution in [0.5, 0.6) is 0 Å². The maximum atomic E-state index is 13.3. The topological polar surface area (TPSA) is 38.3 Å². The van der Waals surface area contributed by atoms with E-state index in [-0.39, 0.29) is 23.5 Å². The Morgan fingerprint density at radius 2 is 2.22 bits per heavy atom. The van der Waals surface area contributed by atoms with Crippen molar-refractivity contribution >= 4 is 23.4 Å². The summed E-state index contributed by atoms with van der Waals surface area (Å²) in [5.41, 5.74) is -0.999. The molecule has 1 aromatic carbocycles. The number of carbonyl (C=O) groups is 1. The van der Waals surface area contributed by atoms with Gasteiger partial charge in [-0.1, -0.05) is 13.8 Å². The lowest BCUT2D eigenvalue weighted by Gasteiger charge is -2.17. The lowest BCUT2D eigenvalue weighted by atomic mass is 10.1. The van der Waals surface area contributed by atoms with Crippen LogP contribution in [0.1, 0.15) is 32.3 Å². The van der Waals surface area contributed by atoms with Gasteiger partial charge in [-0.15, -0.1) is 11.8 Å². The zero-order chi connectivity index (χ0) is 17.0. The highest BCUT2D eigenvalue weighted by Crippen LogP contribution is 2.38. The SMILES string of the molecule is CC[C@H](C)Sc1ccc(NC(=O)[C@H]2CCOC2)c(C(F)(F)F)c1. The van der Waals surface area contributed by atoms with Gasteiger partial charge in [0.05, 0.1) is 23.8 Å². The Morgan fingerprint density at radius 1 is 1.48 bits per heavy atom. The van der Waals surface area contributed by atoms with Crippen LogP contribution in [0.25, 0.3) is 0 Å². The number of benzene rings is 1. The Bertz CT molecular complexity index is 557. The van der Waals surface area contributed by atoms with Crippen molar-refractivity contribution in [1.82, 2.24) is 0 Å². The zero-order valence-electron chi connectivity index (χ0n) is 13.1. The summed E-state index contributed by atoms with van der Waals surface area (Å²) in [6.07, 6.45) is -3.11. The second-order valence-electron chi connectivity index (χ2n) is 5.59. The predicted molar refractivity (Wildman–Crippen MR) is 84.6 cm³/mol. The summed E-state index contributed by atoms with van der Waals surface area (Å²) in [6.45, 7) is 4.68. The van der Waals surface area contributed by atoms with Crippen LogP contribution in [0, 0.1) is 5.92 Å². The number of thioether (sulfide) groups is 1. The predicted octanol–water partition coefficient (Wildman–Crippen LogP) is 4.57. The minimum absolute atomic E-state index is 0.192. The fraction of sp³-hybridized carbons (Fsp3) is 0.562. The normalized spacial score (nSPS) is 19.6. The Hall–Kier alpha value is -1.21. The van der Waals surface area contributed by atoms with E-state index in [1.165, 1.54) is 17.8 Å². The molecule has 1 aliphatic heterocycles. The van der Waals surface area contributed by atoms with Crippen molar-refractivity contribution in [3.63, 3.8) is 0 Å². The average molecular weight is 347 g/mol. The van der Waals surface area contributed by atoms with Crippen LogP contribution in [-0.4, -0.2) is 24.4 Å². The molecule has 1 aromatic rings. The smallest absolute Gasteiger partial charge is 0.381 e. The van der Waals surface area contributed by atoms with Crippen LogP contribution in [0.2, 0.25) is 0 Å². The quantitative estimate of drug-likeness (QED) is 0.793. The Kier molecular flexibility index (Phi) is 5.97. The van der Waals surface area contributed by atoms with Gasteiger partial charge in [-0.3, -0.25) is 4.79 Å². The first-order valence-corrected chi connectivity index (χ1v) is 8.45. The first kappa shape index (κ1) is 18.1. The van der Waals surface area contributed by atoms with E-state index in [4.69, 9.17) is 4.74 Å². The van der Waals surface area contributed by atoms with Crippen molar-refractivity contribution in [3.8, 4) is 0 Å². The highest BCUT2D eigenvalue weighted by atomic mass is 32.2. The lowest BCUT2D eigenvalue weighted by molar-refractivity contribution is -0.137. The number of alkyl halides is 3. The maximum absolute atomic E-state index is 13.3. The molecule has 1 aliphatic rings. The zero-order valence-corrected chi connectivity index (χ0v) is 13.9. The summed E-state index contributed by atoms with van der Waals surface area (Å²) >= 11 is 1.39. The lowest BCUT2D eigenvalue weighted by Crippen LogP contribution is -2.24. The Balaban J connectivity index is 2.22. The van der Waals surface area contributed by atoms with Crippen LogP contribution < -0.4 is 5.32 Å². The number of carbonyl (C=O) groups excluding carboxylic acids is 1. The summed E-state index contributed by atoms with van der Waals surface area (Å²) in [7, 11) is 0. The van der Waals surface area contributed by atoms with E-state index < -0.39 is 17.6 Å². The summed E-state index contributed by atoms with van der Waals surface area (Å²) < 4.78 is 45.0. The number of anilines is 1. The molecule has 1 fully saturated rings. The summed E-state index contributed by atoms with van der Waals surface area (Å²) in [5, 5.41) is 2.63. The molecule has 3 nitrogen and oxygen atoms in total. The van der Waals surface area contributed by atoms with E-state index in [1.54, 1.807) is 6.07 Å². The first-order chi connectivity index (χ1) is 10.8. The van der Waals surface area contributed by atoms with Crippen LogP contribution in [-0.2, 0) is 15.7 Å². The van der Waals surface area contributed by atoms with Crippen LogP contribution in [0.3, 0.4) is 0 Å². The molecule has 0 bridgehead atoms. The van der Waals surface area contributed by atoms with Gasteiger partial charge in [-0.05, 0) is 31.0 Å². The molecule has 0 aromatic heterocycles. The number of nitrogens with one attached hydrogen (secondary N) is 1. The molecular weight excluding hydrogens is 327 g/mol. The number of rotatable bonds is 5. The summed E-state index contributed by atoms with van der Waals surface area (Å²) in [6, 6.07) is 4.06. The number of hydrogen-bond acceptors (Lipinski definition) is 3. The molecule has 7 heteroatoms. The Morgan fingerprint density at radius 3 is 2.78 bits per heavy atom. The molecule has 0 unspecified atom stereocenters. The van der Waals surface area contributed by atoms with Crippen molar-refractivity contribution in [1.29, 1.82) is 0 Å². The van der Waals surface area contributed by atoms with Crippen LogP contribution in [0.4, 0.5) is 18.9 Å². The molecule has 1 heterocycles. The fourth-order valence-corrected chi connectivity index (χ4v) is 3.20. The number of hydrogen-bond donors (Lipinski definition) is 1. The van der Waals surface area contributed by atoms with E-state index in [2.05, 4.69) is 5.32 Å². The average Bonchev–Trinajstić information content (AvgIpc) is 3.02. The number of amides is 1. The maximum Gasteiger partial charge on any atom is 0.418 e. The molecule has 2 rings (SSSR count). The molecular formula is C16H20F3NO2S. The molecule has 1 saturated heterocycles. The molecule has 2 atom stereocenters. The molecule has 23 heavy (non-hydrogen) atoms. The largest absolute Gasteiger partial charge is 0.418 e. The van der Waals surface area contributed by atoms with Gasteiger partial charge in [-0.2, -0.15) is 13.2 Å². The third-order valence-corrected chi connectivity index (χ3v) is 5.03. The van der Waals surface area contributed by atoms with Crippen molar-refractivity contribution in [2.24, 2.45) is 5.92 Å². The van der Waals surface area contributed by atoms with E-state index in [0.29, 0.717) is 17.9 Å². The monoisotopic (exact) mass is 347 g/mol. The van der Waals surface area contributed by atoms with Crippen LogP contribution in [0.15, 0.2) is 23.1 Å². The van der Waals surface area contributed by atoms with Crippen molar-refractivity contribution in [3.05, 3.63) is 23.8 Å². The molecule has 1 N–H and O–H groups in total. The van der Waals surface area contributed by atoms with Gasteiger partial charge < -0.3 is 10.1 Å². The van der Waals surface area contributed by atoms with E-state index in [9.17, 15) is 18.0 Å². The van der Waals surface area contributed by atoms with Gasteiger partial charge in [0.25, 0.3) is 0 Å². The van der Waals surface area contributed by atoms with Crippen LogP contribution >= 0.6 is 11.8 Å². The van der Waals surface area contributed by atoms with Gasteiger partial charge in [0.1, 0.15) is 0 Å². The molecule has 1 amide bonds. The van der Waals surface area contributed by atoms with E-state index >= 15 is 0 Å². The van der Waals surface area contributed by atoms with Gasteiger partial charge >= 0.3 is 6.18 Å². The first-order valence-electron chi connectivity index (χ1n) is 7.57. The highest BCUT2D eigenvalue weighted by Gasteiger charge is 2.35. The molecule has 0 radical (unpaired) electrons. The van der Waals surface area contributed by atoms with E-state index in [1.807, 2.05) is 13.8 Å². The van der Waals surface area contributed by atoms with Gasteiger partial charge in [0, 0.05) is 16.8 Å². The molecule has 128 valence electrons. The second-order valence-corrected chi connectivity index (χ2v) is 7.10. The fourth-order valence-electron chi connectivity index (χ4n) is 2.23. The summed E-state index contributed by atoms with van der Waals surface area (Å²) in [4.78, 5) is 12.6. The third-order valence-electron chi connectivity index (χ3n) is 3.77. The minimum atomic E-state index is -4.51. The van der Waals surface area contributed by atoms with Gasteiger partial charge in [0.15, 0.2) is 0 Å².